The molecule has 0 atom stereocenters. The van der Waals surface area contributed by atoms with Gasteiger partial charge in [0.25, 0.3) is 0 Å². The number of aromatic amines is 1. The normalized spacial score (nSPS) is 13.8. The molecule has 0 spiro atoms. The van der Waals surface area contributed by atoms with E-state index in [9.17, 15) is 4.39 Å². The Kier molecular flexibility index (Phi) is 4.04. The first-order valence-corrected chi connectivity index (χ1v) is 9.69. The number of H-pyrrole nitrogens is 1. The minimum Gasteiger partial charge on any atom is -0.384 e. The van der Waals surface area contributed by atoms with Crippen molar-refractivity contribution in [1.82, 2.24) is 9.97 Å². The predicted octanol–water partition coefficient (Wildman–Crippen LogP) is 5.39. The van der Waals surface area contributed by atoms with E-state index < -0.39 is 0 Å². The smallest absolute Gasteiger partial charge is 0.125 e. The zero-order valence-corrected chi connectivity index (χ0v) is 15.2. The van der Waals surface area contributed by atoms with Crippen LogP contribution < -0.4 is 5.32 Å². The number of anilines is 1. The minimum absolute atomic E-state index is 0.226. The fourth-order valence-electron chi connectivity index (χ4n) is 4.26. The molecule has 0 saturated carbocycles. The van der Waals surface area contributed by atoms with Crippen molar-refractivity contribution in [3.63, 3.8) is 0 Å². The lowest BCUT2D eigenvalue weighted by Gasteiger charge is -2.21. The van der Waals surface area contributed by atoms with E-state index in [1.165, 1.54) is 34.5 Å². The molecule has 0 amide bonds. The molecular formula is C23H22FN3. The number of para-hydroxylation sites is 1. The highest BCUT2D eigenvalue weighted by Crippen LogP contribution is 2.33. The summed E-state index contributed by atoms with van der Waals surface area (Å²) in [7, 11) is 0. The van der Waals surface area contributed by atoms with Gasteiger partial charge in [0, 0.05) is 46.5 Å². The fourth-order valence-corrected chi connectivity index (χ4v) is 4.26. The number of rotatable bonds is 4. The summed E-state index contributed by atoms with van der Waals surface area (Å²) in [6, 6.07) is 13.3. The second-order valence-electron chi connectivity index (χ2n) is 7.32. The van der Waals surface area contributed by atoms with Gasteiger partial charge >= 0.3 is 0 Å². The van der Waals surface area contributed by atoms with E-state index in [4.69, 9.17) is 4.98 Å². The first-order chi connectivity index (χ1) is 13.3. The Balaban J connectivity index is 1.47. The van der Waals surface area contributed by atoms with Crippen LogP contribution >= 0.6 is 0 Å². The molecule has 0 aliphatic heterocycles. The van der Waals surface area contributed by atoms with E-state index in [1.807, 2.05) is 6.07 Å². The van der Waals surface area contributed by atoms with Crippen molar-refractivity contribution in [1.29, 1.82) is 0 Å². The quantitative estimate of drug-likeness (QED) is 0.513. The zero-order chi connectivity index (χ0) is 18.2. The Morgan fingerprint density at radius 1 is 1.04 bits per heavy atom. The van der Waals surface area contributed by atoms with Gasteiger partial charge in [-0.1, -0.05) is 18.2 Å². The molecule has 0 bridgehead atoms. The van der Waals surface area contributed by atoms with Gasteiger partial charge in [-0.3, -0.25) is 4.98 Å². The van der Waals surface area contributed by atoms with Crippen molar-refractivity contribution in [3.8, 4) is 0 Å². The Bertz CT molecular complexity index is 1130. The van der Waals surface area contributed by atoms with Gasteiger partial charge in [-0.15, -0.1) is 0 Å². The highest BCUT2D eigenvalue weighted by molar-refractivity contribution is 5.93. The molecule has 2 N–H and O–H groups in total. The Labute approximate surface area is 157 Å². The molecule has 1 aliphatic carbocycles. The number of benzene rings is 2. The highest BCUT2D eigenvalue weighted by atomic mass is 19.1. The van der Waals surface area contributed by atoms with Crippen LogP contribution in [0, 0.1) is 5.82 Å². The number of halogens is 1. The molecule has 0 saturated heterocycles. The summed E-state index contributed by atoms with van der Waals surface area (Å²) in [5.41, 5.74) is 6.85. The van der Waals surface area contributed by atoms with E-state index >= 15 is 0 Å². The van der Waals surface area contributed by atoms with Gasteiger partial charge < -0.3 is 10.3 Å². The van der Waals surface area contributed by atoms with Crippen LogP contribution in [0.3, 0.4) is 0 Å². The summed E-state index contributed by atoms with van der Waals surface area (Å²) >= 11 is 0. The molecule has 136 valence electrons. The van der Waals surface area contributed by atoms with Gasteiger partial charge in [-0.2, -0.15) is 0 Å². The first kappa shape index (κ1) is 16.3. The maximum Gasteiger partial charge on any atom is 0.125 e. The van der Waals surface area contributed by atoms with Gasteiger partial charge in [-0.05, 0) is 61.4 Å². The van der Waals surface area contributed by atoms with E-state index in [0.717, 1.165) is 54.5 Å². The molecule has 4 aromatic rings. The number of nitrogens with zero attached hydrogens (tertiary/aromatic N) is 1. The summed E-state index contributed by atoms with van der Waals surface area (Å²) in [5.74, 6) is -0.226. The Hall–Kier alpha value is -2.88. The maximum atomic E-state index is 13.7. The maximum absolute atomic E-state index is 13.7. The van der Waals surface area contributed by atoms with Crippen LogP contribution in [0.2, 0.25) is 0 Å². The summed E-state index contributed by atoms with van der Waals surface area (Å²) in [6.07, 6.45) is 7.42. The van der Waals surface area contributed by atoms with Crippen molar-refractivity contribution in [3.05, 3.63) is 71.3 Å². The van der Waals surface area contributed by atoms with Crippen molar-refractivity contribution >= 4 is 27.5 Å². The molecule has 3 nitrogen and oxygen atoms in total. The second kappa shape index (κ2) is 6.69. The lowest BCUT2D eigenvalue weighted by atomic mass is 9.92. The Morgan fingerprint density at radius 2 is 1.93 bits per heavy atom. The van der Waals surface area contributed by atoms with E-state index in [0.29, 0.717) is 0 Å². The van der Waals surface area contributed by atoms with Gasteiger partial charge in [0.1, 0.15) is 5.82 Å². The van der Waals surface area contributed by atoms with Gasteiger partial charge in [0.05, 0.1) is 5.52 Å². The predicted molar refractivity (Wildman–Crippen MR) is 109 cm³/mol. The number of aryl methyl sites for hydroxylation is 1. The number of fused-ring (bicyclic) bond motifs is 3. The molecule has 2 aromatic heterocycles. The number of pyridine rings is 1. The molecular weight excluding hydrogens is 337 g/mol. The largest absolute Gasteiger partial charge is 0.384 e. The van der Waals surface area contributed by atoms with Gasteiger partial charge in [-0.25, -0.2) is 4.39 Å². The van der Waals surface area contributed by atoms with Crippen LogP contribution in [-0.2, 0) is 19.3 Å². The second-order valence-corrected chi connectivity index (χ2v) is 7.32. The average molecular weight is 359 g/mol. The van der Waals surface area contributed by atoms with E-state index in [1.54, 1.807) is 6.07 Å². The summed E-state index contributed by atoms with van der Waals surface area (Å²) in [4.78, 5) is 8.09. The van der Waals surface area contributed by atoms with Crippen LogP contribution in [0.5, 0.6) is 0 Å². The van der Waals surface area contributed by atoms with Crippen molar-refractivity contribution in [2.75, 3.05) is 11.9 Å². The van der Waals surface area contributed by atoms with Crippen LogP contribution in [0.1, 0.15) is 29.7 Å². The fraction of sp³-hybridized carbons (Fsp3) is 0.261. The molecule has 0 unspecified atom stereocenters. The molecule has 2 aromatic carbocycles. The molecule has 0 radical (unpaired) electrons. The van der Waals surface area contributed by atoms with Crippen molar-refractivity contribution < 1.29 is 4.39 Å². The van der Waals surface area contributed by atoms with Crippen molar-refractivity contribution in [2.45, 2.75) is 32.1 Å². The van der Waals surface area contributed by atoms with Crippen molar-refractivity contribution in [2.24, 2.45) is 0 Å². The van der Waals surface area contributed by atoms with E-state index in [2.05, 4.69) is 40.8 Å². The number of nitrogens with one attached hydrogen (secondary N) is 2. The van der Waals surface area contributed by atoms with Crippen LogP contribution in [0.25, 0.3) is 21.8 Å². The molecule has 5 rings (SSSR count). The minimum atomic E-state index is -0.226. The number of hydrogen-bond donors (Lipinski definition) is 2. The Morgan fingerprint density at radius 3 is 2.89 bits per heavy atom. The van der Waals surface area contributed by atoms with Gasteiger partial charge in [0.2, 0.25) is 0 Å². The molecule has 2 heterocycles. The first-order valence-electron chi connectivity index (χ1n) is 9.69. The third-order valence-electron chi connectivity index (χ3n) is 5.60. The summed E-state index contributed by atoms with van der Waals surface area (Å²) in [6.45, 7) is 0.838. The lowest BCUT2D eigenvalue weighted by Crippen LogP contribution is -2.13. The molecule has 27 heavy (non-hydrogen) atoms. The molecule has 0 fully saturated rings. The summed E-state index contributed by atoms with van der Waals surface area (Å²) < 4.78 is 13.7. The lowest BCUT2D eigenvalue weighted by molar-refractivity contribution is 0.628. The molecule has 4 heteroatoms. The standard InChI is InChI=1S/C23H22FN3/c24-16-9-10-19-22(13-16)27-21-8-4-2-6-18(21)23(19)25-12-11-15-14-26-20-7-3-1-5-17(15)20/h1,3,5,7,9-10,13-14,26H,2,4,6,8,11-12H2,(H,25,27). The highest BCUT2D eigenvalue weighted by Gasteiger charge is 2.18. The average Bonchev–Trinajstić information content (AvgIpc) is 3.10. The zero-order valence-electron chi connectivity index (χ0n) is 15.2. The molecule has 1 aliphatic rings. The number of aromatic nitrogens is 2. The van der Waals surface area contributed by atoms with Crippen LogP contribution in [-0.4, -0.2) is 16.5 Å². The number of hydrogen-bond acceptors (Lipinski definition) is 2. The van der Waals surface area contributed by atoms with Crippen LogP contribution in [0.4, 0.5) is 10.1 Å². The summed E-state index contributed by atoms with van der Waals surface area (Å²) in [5, 5.41) is 5.97. The third-order valence-corrected chi connectivity index (χ3v) is 5.60. The monoisotopic (exact) mass is 359 g/mol. The van der Waals surface area contributed by atoms with E-state index in [-0.39, 0.29) is 5.82 Å². The third kappa shape index (κ3) is 2.95. The topological polar surface area (TPSA) is 40.7 Å². The SMILES string of the molecule is Fc1ccc2c(NCCc3c[nH]c4ccccc34)c3c(nc2c1)CCCC3. The van der Waals surface area contributed by atoms with Gasteiger partial charge in [0.15, 0.2) is 0 Å². The van der Waals surface area contributed by atoms with Crippen LogP contribution in [0.15, 0.2) is 48.7 Å².